The maximum absolute atomic E-state index is 13.0. The van der Waals surface area contributed by atoms with Crippen molar-refractivity contribution in [3.05, 3.63) is 94.3 Å². The van der Waals surface area contributed by atoms with E-state index in [1.165, 1.54) is 0 Å². The summed E-state index contributed by atoms with van der Waals surface area (Å²) in [7, 11) is 3.12. The minimum atomic E-state index is -0.0496. The molecule has 0 bridgehead atoms. The number of Topliss-reactive ketones (excluding diaryl/α,β-unsaturated/α-hetero) is 2. The molecule has 6 heteroatoms. The summed E-state index contributed by atoms with van der Waals surface area (Å²) in [6, 6.07) is 15.5. The molecule has 0 spiro atoms. The minimum absolute atomic E-state index is 0. The standard InChI is InChI=1S/C26H24NO4.BrH/c1-17(28)23-16-27(15-18-7-5-4-6-8-18)10-9-19(23)11-21-12-20-13-24(30-2)25(31-3)14-22(20)26(21)29;/h4-11,13-14,16H,12,15H2,1-3H3;1H/q+1;/p-1/b21-11+;. The van der Waals surface area contributed by atoms with Gasteiger partial charge in [-0.25, -0.2) is 4.57 Å². The normalized spacial score (nSPS) is 13.5. The van der Waals surface area contributed by atoms with Crippen molar-refractivity contribution in [2.45, 2.75) is 19.9 Å². The number of methoxy groups -OCH3 is 2. The minimum Gasteiger partial charge on any atom is -1.00 e. The van der Waals surface area contributed by atoms with Crippen LogP contribution in [0, 0.1) is 0 Å². The van der Waals surface area contributed by atoms with E-state index in [9.17, 15) is 9.59 Å². The van der Waals surface area contributed by atoms with Gasteiger partial charge in [0.25, 0.3) is 0 Å². The van der Waals surface area contributed by atoms with Gasteiger partial charge in [0.05, 0.1) is 19.8 Å². The number of halogens is 1. The molecule has 1 aliphatic carbocycles. The SMILES string of the molecule is COc1cc2c(cc1OC)C(=O)/C(=C/c1cc[n+](Cc3ccccc3)cc1C(C)=O)C2.[Br-]. The molecule has 0 N–H and O–H groups in total. The molecule has 0 fully saturated rings. The van der Waals surface area contributed by atoms with E-state index in [1.54, 1.807) is 27.2 Å². The van der Waals surface area contributed by atoms with Crippen molar-refractivity contribution >= 4 is 17.6 Å². The van der Waals surface area contributed by atoms with E-state index in [0.717, 1.165) is 16.7 Å². The van der Waals surface area contributed by atoms with Gasteiger partial charge in [-0.05, 0) is 36.3 Å². The second kappa shape index (κ2) is 9.92. The van der Waals surface area contributed by atoms with Crippen molar-refractivity contribution in [1.82, 2.24) is 0 Å². The summed E-state index contributed by atoms with van der Waals surface area (Å²) in [6.45, 7) is 2.22. The van der Waals surface area contributed by atoms with Gasteiger partial charge < -0.3 is 26.5 Å². The first-order valence-corrected chi connectivity index (χ1v) is 10.1. The van der Waals surface area contributed by atoms with Crippen molar-refractivity contribution in [3.8, 4) is 11.5 Å². The molecule has 0 unspecified atom stereocenters. The zero-order valence-corrected chi connectivity index (χ0v) is 19.8. The average molecular weight is 494 g/mol. The van der Waals surface area contributed by atoms with Crippen molar-refractivity contribution in [1.29, 1.82) is 0 Å². The number of nitrogens with zero attached hydrogens (tertiary/aromatic N) is 1. The Kier molecular flexibility index (Phi) is 7.26. The number of carbonyl (C=O) groups is 2. The summed E-state index contributed by atoms with van der Waals surface area (Å²) in [4.78, 5) is 25.4. The van der Waals surface area contributed by atoms with Crippen LogP contribution >= 0.6 is 0 Å². The molecule has 0 amide bonds. The lowest BCUT2D eigenvalue weighted by Gasteiger charge is -2.08. The average Bonchev–Trinajstić information content (AvgIpc) is 3.08. The Hall–Kier alpha value is -3.25. The molecule has 32 heavy (non-hydrogen) atoms. The molecule has 0 atom stereocenters. The first kappa shape index (κ1) is 23.4. The Morgan fingerprint density at radius 2 is 1.75 bits per heavy atom. The summed E-state index contributed by atoms with van der Waals surface area (Å²) < 4.78 is 12.7. The number of benzene rings is 2. The fourth-order valence-electron chi connectivity index (χ4n) is 3.90. The number of hydrogen-bond acceptors (Lipinski definition) is 4. The van der Waals surface area contributed by atoms with Crippen LogP contribution in [-0.2, 0) is 13.0 Å². The van der Waals surface area contributed by atoms with Crippen LogP contribution in [0.25, 0.3) is 6.08 Å². The van der Waals surface area contributed by atoms with E-state index in [0.29, 0.717) is 41.2 Å². The zero-order valence-electron chi connectivity index (χ0n) is 18.2. The molecule has 4 rings (SSSR count). The van der Waals surface area contributed by atoms with Crippen LogP contribution in [-0.4, -0.2) is 25.8 Å². The van der Waals surface area contributed by atoms with Gasteiger partial charge in [-0.1, -0.05) is 30.3 Å². The Balaban J connectivity index is 0.00000289. The summed E-state index contributed by atoms with van der Waals surface area (Å²) >= 11 is 0. The van der Waals surface area contributed by atoms with Gasteiger partial charge in [-0.3, -0.25) is 9.59 Å². The highest BCUT2D eigenvalue weighted by atomic mass is 79.9. The third kappa shape index (κ3) is 4.65. The lowest BCUT2D eigenvalue weighted by Crippen LogP contribution is -3.00. The summed E-state index contributed by atoms with van der Waals surface area (Å²) in [5.41, 5.74) is 4.64. The van der Waals surface area contributed by atoms with E-state index in [4.69, 9.17) is 9.47 Å². The fourth-order valence-corrected chi connectivity index (χ4v) is 3.90. The molecular formula is C26H24BrNO4. The van der Waals surface area contributed by atoms with Gasteiger partial charge in [0.1, 0.15) is 0 Å². The van der Waals surface area contributed by atoms with Gasteiger partial charge in [0.15, 0.2) is 42.0 Å². The van der Waals surface area contributed by atoms with E-state index in [-0.39, 0.29) is 28.5 Å². The first-order chi connectivity index (χ1) is 15.0. The number of rotatable bonds is 6. The molecule has 1 heterocycles. The maximum atomic E-state index is 13.0. The topological polar surface area (TPSA) is 56.5 Å². The van der Waals surface area contributed by atoms with Crippen LogP contribution in [0.3, 0.4) is 0 Å². The Morgan fingerprint density at radius 3 is 2.41 bits per heavy atom. The number of aromatic nitrogens is 1. The van der Waals surface area contributed by atoms with Crippen LogP contribution in [0.15, 0.2) is 66.5 Å². The highest BCUT2D eigenvalue weighted by Gasteiger charge is 2.28. The quantitative estimate of drug-likeness (QED) is 0.293. The molecule has 164 valence electrons. The Morgan fingerprint density at radius 1 is 1.06 bits per heavy atom. The van der Waals surface area contributed by atoms with E-state index in [1.807, 2.05) is 65.5 Å². The van der Waals surface area contributed by atoms with Crippen molar-refractivity contribution in [2.75, 3.05) is 14.2 Å². The lowest BCUT2D eigenvalue weighted by molar-refractivity contribution is -0.688. The van der Waals surface area contributed by atoms with Crippen molar-refractivity contribution in [3.63, 3.8) is 0 Å². The van der Waals surface area contributed by atoms with E-state index in [2.05, 4.69) is 0 Å². The van der Waals surface area contributed by atoms with Crippen LogP contribution in [0.1, 0.15) is 44.3 Å². The van der Waals surface area contributed by atoms with Crippen LogP contribution in [0.2, 0.25) is 0 Å². The monoisotopic (exact) mass is 493 g/mol. The molecule has 0 aliphatic heterocycles. The number of pyridine rings is 1. The first-order valence-electron chi connectivity index (χ1n) is 10.1. The predicted molar refractivity (Wildman–Crippen MR) is 118 cm³/mol. The highest BCUT2D eigenvalue weighted by Crippen LogP contribution is 2.37. The molecular weight excluding hydrogens is 470 g/mol. The number of fused-ring (bicyclic) bond motifs is 1. The van der Waals surface area contributed by atoms with Crippen molar-refractivity contribution < 1.29 is 40.6 Å². The smallest absolute Gasteiger partial charge is 0.189 e. The molecule has 1 aliphatic rings. The van der Waals surface area contributed by atoms with Gasteiger partial charge in [-0.15, -0.1) is 0 Å². The summed E-state index contributed by atoms with van der Waals surface area (Å²) in [5.74, 6) is 1.04. The molecule has 3 aromatic rings. The molecule has 0 saturated carbocycles. The van der Waals surface area contributed by atoms with E-state index < -0.39 is 0 Å². The number of ether oxygens (including phenoxy) is 2. The fraction of sp³-hybridized carbons (Fsp3) is 0.192. The third-order valence-electron chi connectivity index (χ3n) is 5.50. The number of allylic oxidation sites excluding steroid dienone is 1. The number of hydrogen-bond donors (Lipinski definition) is 0. The zero-order chi connectivity index (χ0) is 22.0. The largest absolute Gasteiger partial charge is 1.00 e. The predicted octanol–water partition coefficient (Wildman–Crippen LogP) is 1.07. The highest BCUT2D eigenvalue weighted by molar-refractivity contribution is 6.16. The van der Waals surface area contributed by atoms with Gasteiger partial charge in [0.2, 0.25) is 0 Å². The Labute approximate surface area is 198 Å². The third-order valence-corrected chi connectivity index (χ3v) is 5.50. The van der Waals surface area contributed by atoms with Gasteiger partial charge >= 0.3 is 0 Å². The lowest BCUT2D eigenvalue weighted by atomic mass is 10.0. The van der Waals surface area contributed by atoms with Crippen LogP contribution < -0.4 is 31.0 Å². The van der Waals surface area contributed by atoms with E-state index >= 15 is 0 Å². The molecule has 0 radical (unpaired) electrons. The summed E-state index contributed by atoms with van der Waals surface area (Å²) in [5, 5.41) is 0. The number of ketones is 2. The second-order valence-corrected chi connectivity index (χ2v) is 7.57. The molecule has 2 aromatic carbocycles. The summed E-state index contributed by atoms with van der Waals surface area (Å²) in [6.07, 6.45) is 6.10. The number of carbonyl (C=O) groups excluding carboxylic acids is 2. The molecule has 5 nitrogen and oxygen atoms in total. The second-order valence-electron chi connectivity index (χ2n) is 7.57. The molecule has 1 aromatic heterocycles. The Bertz CT molecular complexity index is 1200. The van der Waals surface area contributed by atoms with Gasteiger partial charge in [0, 0.05) is 29.2 Å². The molecule has 0 saturated heterocycles. The van der Waals surface area contributed by atoms with Gasteiger partial charge in [-0.2, -0.15) is 0 Å². The van der Waals surface area contributed by atoms with Crippen LogP contribution in [0.5, 0.6) is 11.5 Å². The maximum Gasteiger partial charge on any atom is 0.189 e. The van der Waals surface area contributed by atoms with Crippen molar-refractivity contribution in [2.24, 2.45) is 0 Å². The van der Waals surface area contributed by atoms with Crippen LogP contribution in [0.4, 0.5) is 0 Å².